The quantitative estimate of drug-likeness (QED) is 0.383. The molecule has 23 heavy (non-hydrogen) atoms. The molecule has 7 heteroatoms. The van der Waals surface area contributed by atoms with Crippen LogP contribution in [0.2, 0.25) is 0 Å². The number of methoxy groups -OCH3 is 1. The first-order valence-corrected chi connectivity index (χ1v) is 7.94. The predicted octanol–water partition coefficient (Wildman–Crippen LogP) is 0.728. The van der Waals surface area contributed by atoms with Crippen LogP contribution in [0.25, 0.3) is 0 Å². The average Bonchev–Trinajstić information content (AvgIpc) is 2.52. The zero-order chi connectivity index (χ0) is 18.2. The van der Waals surface area contributed by atoms with E-state index in [0.717, 1.165) is 12.7 Å². The number of hydrogen-bond donors (Lipinski definition) is 1. The summed E-state index contributed by atoms with van der Waals surface area (Å²) >= 11 is 0. The van der Waals surface area contributed by atoms with Crippen LogP contribution in [0.3, 0.4) is 0 Å². The zero-order valence-electron chi connectivity index (χ0n) is 15.4. The molecule has 0 saturated carbocycles. The molecule has 0 aromatic heterocycles. The molecule has 4 atom stereocenters. The molecule has 0 aromatic carbocycles. The van der Waals surface area contributed by atoms with Gasteiger partial charge in [-0.05, 0) is 12.8 Å². The number of guanidine groups is 1. The summed E-state index contributed by atoms with van der Waals surface area (Å²) in [6.45, 7) is 5.81. The van der Waals surface area contributed by atoms with E-state index in [-0.39, 0.29) is 30.4 Å². The number of ether oxygens (including phenoxy) is 1. The molecule has 7 nitrogen and oxygen atoms in total. The lowest BCUT2D eigenvalue weighted by Gasteiger charge is -2.38. The van der Waals surface area contributed by atoms with Crippen molar-refractivity contribution >= 4 is 18.2 Å². The first-order chi connectivity index (χ1) is 10.7. The topological polar surface area (TPSA) is 88.2 Å². The number of aldehydes is 1. The highest BCUT2D eigenvalue weighted by Crippen LogP contribution is 2.21. The smallest absolute Gasteiger partial charge is 0.247 e. The van der Waals surface area contributed by atoms with Crippen LogP contribution in [-0.2, 0) is 14.3 Å². The molecule has 3 unspecified atom stereocenters. The van der Waals surface area contributed by atoms with Gasteiger partial charge in [-0.1, -0.05) is 20.3 Å². The van der Waals surface area contributed by atoms with Gasteiger partial charge in [0.15, 0.2) is 5.96 Å². The van der Waals surface area contributed by atoms with Crippen molar-refractivity contribution in [1.29, 1.82) is 0 Å². The molecule has 0 aliphatic carbocycles. The molecule has 0 saturated heterocycles. The van der Waals surface area contributed by atoms with Gasteiger partial charge in [-0.25, -0.2) is 4.99 Å². The van der Waals surface area contributed by atoms with Crippen molar-refractivity contribution in [1.82, 2.24) is 9.80 Å². The summed E-state index contributed by atoms with van der Waals surface area (Å²) in [6, 6.07) is -0.788. The van der Waals surface area contributed by atoms with Crippen LogP contribution in [0.15, 0.2) is 4.99 Å². The lowest BCUT2D eigenvalue weighted by Crippen LogP contribution is -2.51. The van der Waals surface area contributed by atoms with Gasteiger partial charge in [0.1, 0.15) is 12.3 Å². The molecule has 0 heterocycles. The number of carbonyl (C=O) groups is 2. The molecule has 0 fully saturated rings. The fourth-order valence-corrected chi connectivity index (χ4v) is 2.52. The van der Waals surface area contributed by atoms with E-state index in [2.05, 4.69) is 11.9 Å². The van der Waals surface area contributed by atoms with Crippen LogP contribution in [-0.4, -0.2) is 74.4 Å². The molecular weight excluding hydrogens is 296 g/mol. The molecule has 0 rings (SSSR count). The third kappa shape index (κ3) is 6.17. The normalized spacial score (nSPS) is 17.1. The van der Waals surface area contributed by atoms with Gasteiger partial charge >= 0.3 is 0 Å². The predicted molar refractivity (Wildman–Crippen MR) is 92.3 cm³/mol. The summed E-state index contributed by atoms with van der Waals surface area (Å²) < 4.78 is 5.45. The van der Waals surface area contributed by atoms with Gasteiger partial charge in [-0.3, -0.25) is 4.79 Å². The Morgan fingerprint density at radius 2 is 1.87 bits per heavy atom. The summed E-state index contributed by atoms with van der Waals surface area (Å²) in [4.78, 5) is 31.1. The molecule has 0 spiro atoms. The second kappa shape index (κ2) is 10.2. The number of hydrogen-bond acceptors (Lipinski definition) is 4. The van der Waals surface area contributed by atoms with E-state index < -0.39 is 6.04 Å². The van der Waals surface area contributed by atoms with Crippen LogP contribution in [0.5, 0.6) is 0 Å². The molecule has 0 aliphatic rings. The van der Waals surface area contributed by atoms with Gasteiger partial charge in [0.2, 0.25) is 5.91 Å². The maximum absolute atomic E-state index is 12.7. The lowest BCUT2D eigenvalue weighted by molar-refractivity contribution is -0.138. The zero-order valence-corrected chi connectivity index (χ0v) is 15.4. The van der Waals surface area contributed by atoms with Crippen molar-refractivity contribution in [2.24, 2.45) is 16.6 Å². The van der Waals surface area contributed by atoms with E-state index in [1.54, 1.807) is 45.0 Å². The largest absolute Gasteiger partial charge is 0.379 e. The van der Waals surface area contributed by atoms with Crippen molar-refractivity contribution in [3.8, 4) is 0 Å². The van der Waals surface area contributed by atoms with E-state index in [9.17, 15) is 9.59 Å². The molecule has 0 aromatic rings. The number of likely N-dealkylation sites (N-methyl/N-ethyl adjacent to an activating group) is 1. The van der Waals surface area contributed by atoms with Crippen molar-refractivity contribution in [3.05, 3.63) is 0 Å². The van der Waals surface area contributed by atoms with Gasteiger partial charge in [-0.15, -0.1) is 0 Å². The fraction of sp³-hybridized carbons (Fsp3) is 0.812. The second-order valence-corrected chi connectivity index (χ2v) is 6.06. The second-order valence-electron chi connectivity index (χ2n) is 6.06. The summed E-state index contributed by atoms with van der Waals surface area (Å²) in [7, 11) is 6.83. The maximum Gasteiger partial charge on any atom is 0.247 e. The van der Waals surface area contributed by atoms with Crippen molar-refractivity contribution < 1.29 is 14.3 Å². The number of rotatable bonds is 9. The molecule has 2 N–H and O–H groups in total. The van der Waals surface area contributed by atoms with E-state index in [1.807, 2.05) is 6.92 Å². The molecule has 1 amide bonds. The van der Waals surface area contributed by atoms with Crippen LogP contribution >= 0.6 is 0 Å². The van der Waals surface area contributed by atoms with Crippen molar-refractivity contribution in [2.75, 3.05) is 28.3 Å². The number of nitrogens with zero attached hydrogens (tertiary/aromatic N) is 3. The van der Waals surface area contributed by atoms with Gasteiger partial charge < -0.3 is 25.1 Å². The maximum atomic E-state index is 12.7. The van der Waals surface area contributed by atoms with Gasteiger partial charge in [-0.2, -0.15) is 0 Å². The van der Waals surface area contributed by atoms with Gasteiger partial charge in [0.05, 0.1) is 12.1 Å². The van der Waals surface area contributed by atoms with Gasteiger partial charge in [0.25, 0.3) is 0 Å². The SMILES string of the molecule is CCC(C)C(C(CC=O)OC)N(C)C(=O)[C@H](C)N=C(N)N(C)C. The number of carbonyl (C=O) groups excluding carboxylic acids is 2. The Labute approximate surface area is 139 Å². The Balaban J connectivity index is 5.35. The molecule has 134 valence electrons. The first kappa shape index (κ1) is 21.4. The van der Waals surface area contributed by atoms with Crippen LogP contribution < -0.4 is 5.73 Å². The van der Waals surface area contributed by atoms with Crippen molar-refractivity contribution in [2.45, 2.75) is 51.8 Å². The first-order valence-electron chi connectivity index (χ1n) is 7.94. The highest BCUT2D eigenvalue weighted by molar-refractivity contribution is 5.86. The van der Waals surface area contributed by atoms with E-state index in [4.69, 9.17) is 10.5 Å². The monoisotopic (exact) mass is 328 g/mol. The van der Waals surface area contributed by atoms with E-state index in [0.29, 0.717) is 5.96 Å². The summed E-state index contributed by atoms with van der Waals surface area (Å²) in [5, 5.41) is 0. The van der Waals surface area contributed by atoms with Gasteiger partial charge in [0, 0.05) is 34.7 Å². The lowest BCUT2D eigenvalue weighted by atomic mass is 9.91. The third-order valence-electron chi connectivity index (χ3n) is 4.18. The minimum Gasteiger partial charge on any atom is -0.379 e. The van der Waals surface area contributed by atoms with Crippen molar-refractivity contribution in [3.63, 3.8) is 0 Å². The molecule has 0 bridgehead atoms. The van der Waals surface area contributed by atoms with Crippen LogP contribution in [0, 0.1) is 5.92 Å². The Morgan fingerprint density at radius 1 is 1.30 bits per heavy atom. The summed E-state index contributed by atoms with van der Waals surface area (Å²) in [5.41, 5.74) is 5.79. The minimum atomic E-state index is -0.595. The average molecular weight is 328 g/mol. The molecular formula is C16H32N4O3. The van der Waals surface area contributed by atoms with Crippen LogP contribution in [0.1, 0.15) is 33.6 Å². The third-order valence-corrected chi connectivity index (χ3v) is 4.18. The number of nitrogens with two attached hydrogens (primary N) is 1. The molecule has 0 aliphatic heterocycles. The number of aliphatic imine (C=N–C) groups is 1. The van der Waals surface area contributed by atoms with Crippen LogP contribution in [0.4, 0.5) is 0 Å². The fourth-order valence-electron chi connectivity index (χ4n) is 2.52. The standard InChI is InChI=1S/C16H32N4O3/c1-8-11(2)14(13(23-7)9-10-21)20(6)15(22)12(3)18-16(17)19(4)5/h10-14H,8-9H2,1-7H3,(H2,17,18)/t11?,12-,13?,14?/m0/s1. The summed E-state index contributed by atoms with van der Waals surface area (Å²) in [5.74, 6) is 0.347. The Morgan fingerprint density at radius 3 is 2.26 bits per heavy atom. The molecule has 0 radical (unpaired) electrons. The minimum absolute atomic E-state index is 0.145. The highest BCUT2D eigenvalue weighted by Gasteiger charge is 2.33. The number of amides is 1. The highest BCUT2D eigenvalue weighted by atomic mass is 16.5. The Bertz CT molecular complexity index is 412. The Kier molecular flexibility index (Phi) is 9.48. The van der Waals surface area contributed by atoms with E-state index >= 15 is 0 Å². The Hall–Kier alpha value is -1.63. The summed E-state index contributed by atoms with van der Waals surface area (Å²) in [6.07, 6.45) is 1.62. The van der Waals surface area contributed by atoms with E-state index in [1.165, 1.54) is 0 Å².